The fourth-order valence-electron chi connectivity index (χ4n) is 2.63. The van der Waals surface area contributed by atoms with Gasteiger partial charge in [0.2, 0.25) is 11.8 Å². The summed E-state index contributed by atoms with van der Waals surface area (Å²) in [6.07, 6.45) is 3.15. The molecule has 0 saturated heterocycles. The minimum Gasteiger partial charge on any atom is -0.352 e. The van der Waals surface area contributed by atoms with Crippen molar-refractivity contribution in [2.24, 2.45) is 5.92 Å². The number of aromatic nitrogens is 2. The van der Waals surface area contributed by atoms with Gasteiger partial charge in [0.15, 0.2) is 0 Å². The van der Waals surface area contributed by atoms with Crippen molar-refractivity contribution in [2.75, 3.05) is 6.54 Å². The van der Waals surface area contributed by atoms with Gasteiger partial charge >= 0.3 is 0 Å². The highest BCUT2D eigenvalue weighted by molar-refractivity contribution is 5.85. The standard InChI is InChI=1S/C17H28N4O2/c1-11(2)10-21-13(4)15(12(3)20-21)7-8-16(22)18-9-17(23)19-14-5-6-14/h11,14H,5-10H2,1-4H3,(H,18,22)(H,19,23). The van der Waals surface area contributed by atoms with E-state index in [1.165, 1.54) is 0 Å². The third kappa shape index (κ3) is 5.37. The van der Waals surface area contributed by atoms with Gasteiger partial charge in [-0.15, -0.1) is 0 Å². The molecule has 0 atom stereocenters. The molecule has 1 aromatic rings. The van der Waals surface area contributed by atoms with Crippen LogP contribution in [-0.4, -0.2) is 34.2 Å². The summed E-state index contributed by atoms with van der Waals surface area (Å²) < 4.78 is 2.02. The van der Waals surface area contributed by atoms with Gasteiger partial charge in [-0.05, 0) is 44.6 Å². The lowest BCUT2D eigenvalue weighted by molar-refractivity contribution is -0.126. The number of amides is 2. The lowest BCUT2D eigenvalue weighted by atomic mass is 10.1. The summed E-state index contributed by atoms with van der Waals surface area (Å²) in [7, 11) is 0. The normalized spacial score (nSPS) is 14.1. The maximum Gasteiger partial charge on any atom is 0.239 e. The van der Waals surface area contributed by atoms with Gasteiger partial charge in [-0.25, -0.2) is 0 Å². The number of carbonyl (C=O) groups excluding carboxylic acids is 2. The Balaban J connectivity index is 1.79. The maximum absolute atomic E-state index is 11.9. The van der Waals surface area contributed by atoms with Crippen LogP contribution in [0, 0.1) is 19.8 Å². The van der Waals surface area contributed by atoms with Crippen molar-refractivity contribution in [1.82, 2.24) is 20.4 Å². The number of nitrogens with zero attached hydrogens (tertiary/aromatic N) is 2. The summed E-state index contributed by atoms with van der Waals surface area (Å²) >= 11 is 0. The summed E-state index contributed by atoms with van der Waals surface area (Å²) in [5, 5.41) is 10.1. The second kappa shape index (κ2) is 7.62. The quantitative estimate of drug-likeness (QED) is 0.762. The van der Waals surface area contributed by atoms with E-state index in [2.05, 4.69) is 36.5 Å². The number of rotatable bonds is 8. The molecule has 0 unspecified atom stereocenters. The number of hydrogen-bond acceptors (Lipinski definition) is 3. The average Bonchev–Trinajstić information content (AvgIpc) is 3.23. The van der Waals surface area contributed by atoms with Crippen molar-refractivity contribution < 1.29 is 9.59 Å². The van der Waals surface area contributed by atoms with Gasteiger partial charge < -0.3 is 10.6 Å². The Morgan fingerprint density at radius 3 is 2.57 bits per heavy atom. The summed E-state index contributed by atoms with van der Waals surface area (Å²) in [5.74, 6) is 0.346. The predicted octanol–water partition coefficient (Wildman–Crippen LogP) is 1.48. The van der Waals surface area contributed by atoms with Gasteiger partial charge in [-0.3, -0.25) is 14.3 Å². The molecule has 2 rings (SSSR count). The van der Waals surface area contributed by atoms with E-state index in [1.54, 1.807) is 0 Å². The van der Waals surface area contributed by atoms with Crippen molar-refractivity contribution in [2.45, 2.75) is 66.0 Å². The molecule has 0 radical (unpaired) electrons. The predicted molar refractivity (Wildman–Crippen MR) is 89.0 cm³/mol. The fraction of sp³-hybridized carbons (Fsp3) is 0.706. The minimum atomic E-state index is -0.0991. The number of aryl methyl sites for hydroxylation is 1. The van der Waals surface area contributed by atoms with Gasteiger partial charge in [-0.2, -0.15) is 5.10 Å². The zero-order chi connectivity index (χ0) is 17.0. The van der Waals surface area contributed by atoms with Crippen LogP contribution in [0.25, 0.3) is 0 Å². The summed E-state index contributed by atoms with van der Waals surface area (Å²) in [5.41, 5.74) is 3.26. The number of nitrogens with one attached hydrogen (secondary N) is 2. The maximum atomic E-state index is 11.9. The highest BCUT2D eigenvalue weighted by Gasteiger charge is 2.23. The molecule has 23 heavy (non-hydrogen) atoms. The van der Waals surface area contributed by atoms with Crippen LogP contribution < -0.4 is 10.6 Å². The van der Waals surface area contributed by atoms with Gasteiger partial charge in [0.1, 0.15) is 0 Å². The van der Waals surface area contributed by atoms with Crippen LogP contribution in [0.15, 0.2) is 0 Å². The molecular formula is C17H28N4O2. The first kappa shape index (κ1) is 17.5. The van der Waals surface area contributed by atoms with Crippen LogP contribution in [0.5, 0.6) is 0 Å². The van der Waals surface area contributed by atoms with Gasteiger partial charge in [0.05, 0.1) is 12.2 Å². The molecule has 0 aromatic carbocycles. The minimum absolute atomic E-state index is 0.0694. The third-order valence-corrected chi connectivity index (χ3v) is 4.06. The molecule has 0 spiro atoms. The molecule has 1 fully saturated rings. The Kier molecular flexibility index (Phi) is 5.80. The molecule has 1 aromatic heterocycles. The lowest BCUT2D eigenvalue weighted by Gasteiger charge is -2.08. The summed E-state index contributed by atoms with van der Waals surface area (Å²) in [6.45, 7) is 9.32. The van der Waals surface area contributed by atoms with Crippen molar-refractivity contribution in [3.8, 4) is 0 Å². The molecule has 1 aliphatic carbocycles. The number of hydrogen-bond donors (Lipinski definition) is 2. The van der Waals surface area contributed by atoms with E-state index in [0.717, 1.165) is 36.3 Å². The van der Waals surface area contributed by atoms with Gasteiger partial charge in [-0.1, -0.05) is 13.8 Å². The molecule has 1 aliphatic rings. The van der Waals surface area contributed by atoms with E-state index < -0.39 is 0 Å². The first-order valence-corrected chi connectivity index (χ1v) is 8.45. The lowest BCUT2D eigenvalue weighted by Crippen LogP contribution is -2.37. The zero-order valence-corrected chi connectivity index (χ0v) is 14.6. The van der Waals surface area contributed by atoms with E-state index in [4.69, 9.17) is 0 Å². The average molecular weight is 320 g/mol. The molecule has 6 nitrogen and oxygen atoms in total. The van der Waals surface area contributed by atoms with Crippen LogP contribution in [0.4, 0.5) is 0 Å². The molecule has 1 heterocycles. The molecule has 0 aliphatic heterocycles. The van der Waals surface area contributed by atoms with Crippen molar-refractivity contribution in [3.05, 3.63) is 17.0 Å². The fourth-order valence-corrected chi connectivity index (χ4v) is 2.63. The largest absolute Gasteiger partial charge is 0.352 e. The van der Waals surface area contributed by atoms with Crippen molar-refractivity contribution in [3.63, 3.8) is 0 Å². The topological polar surface area (TPSA) is 76.0 Å². The third-order valence-electron chi connectivity index (χ3n) is 4.06. The Labute approximate surface area is 138 Å². The van der Waals surface area contributed by atoms with Crippen molar-refractivity contribution >= 4 is 11.8 Å². The molecule has 2 N–H and O–H groups in total. The molecule has 6 heteroatoms. The van der Waals surface area contributed by atoms with Crippen LogP contribution in [0.2, 0.25) is 0 Å². The SMILES string of the molecule is Cc1nn(CC(C)C)c(C)c1CCC(=O)NCC(=O)NC1CC1. The molecule has 0 bridgehead atoms. The van der Waals surface area contributed by atoms with Gasteiger partial charge in [0.25, 0.3) is 0 Å². The first-order chi connectivity index (χ1) is 10.9. The second-order valence-corrected chi connectivity index (χ2v) is 6.84. The van der Waals surface area contributed by atoms with E-state index in [9.17, 15) is 9.59 Å². The highest BCUT2D eigenvalue weighted by atomic mass is 16.2. The first-order valence-electron chi connectivity index (χ1n) is 8.45. The Morgan fingerprint density at radius 2 is 1.96 bits per heavy atom. The Bertz CT molecular complexity index is 573. The van der Waals surface area contributed by atoms with E-state index in [-0.39, 0.29) is 18.4 Å². The Morgan fingerprint density at radius 1 is 1.26 bits per heavy atom. The van der Waals surface area contributed by atoms with E-state index in [0.29, 0.717) is 24.8 Å². The summed E-state index contributed by atoms with van der Waals surface area (Å²) in [4.78, 5) is 23.5. The number of carbonyl (C=O) groups is 2. The second-order valence-electron chi connectivity index (χ2n) is 6.84. The van der Waals surface area contributed by atoms with Crippen molar-refractivity contribution in [1.29, 1.82) is 0 Å². The summed E-state index contributed by atoms with van der Waals surface area (Å²) in [6, 6.07) is 0.330. The monoisotopic (exact) mass is 320 g/mol. The smallest absolute Gasteiger partial charge is 0.239 e. The van der Waals surface area contributed by atoms with Crippen LogP contribution in [0.1, 0.15) is 50.1 Å². The molecule has 128 valence electrons. The van der Waals surface area contributed by atoms with Crippen LogP contribution in [0.3, 0.4) is 0 Å². The van der Waals surface area contributed by atoms with E-state index in [1.807, 2.05) is 11.6 Å². The van der Waals surface area contributed by atoms with Gasteiger partial charge in [0, 0.05) is 24.7 Å². The van der Waals surface area contributed by atoms with Crippen LogP contribution in [-0.2, 0) is 22.6 Å². The molecule has 1 saturated carbocycles. The molecular weight excluding hydrogens is 292 g/mol. The molecule has 2 amide bonds. The Hall–Kier alpha value is -1.85. The zero-order valence-electron chi connectivity index (χ0n) is 14.6. The highest BCUT2D eigenvalue weighted by Crippen LogP contribution is 2.18. The van der Waals surface area contributed by atoms with Crippen LogP contribution >= 0.6 is 0 Å². The van der Waals surface area contributed by atoms with E-state index >= 15 is 0 Å².